The molecule has 2 fully saturated rings. The summed E-state index contributed by atoms with van der Waals surface area (Å²) in [6.07, 6.45) is 0.0986. The van der Waals surface area contributed by atoms with E-state index in [0.717, 1.165) is 5.56 Å². The Labute approximate surface area is 173 Å². The van der Waals surface area contributed by atoms with E-state index in [2.05, 4.69) is 5.32 Å². The van der Waals surface area contributed by atoms with Crippen LogP contribution in [-0.4, -0.2) is 40.6 Å². The lowest BCUT2D eigenvalue weighted by atomic mass is 10.0. The molecule has 0 unspecified atom stereocenters. The maximum Gasteiger partial charge on any atom is 0.330 e. The van der Waals surface area contributed by atoms with Crippen molar-refractivity contribution in [3.05, 3.63) is 66.2 Å². The molecule has 0 bridgehead atoms. The number of para-hydroxylation sites is 1. The summed E-state index contributed by atoms with van der Waals surface area (Å²) in [4.78, 5) is 39.0. The van der Waals surface area contributed by atoms with E-state index in [-0.39, 0.29) is 5.91 Å². The minimum Gasteiger partial charge on any atom is -0.451 e. The Morgan fingerprint density at radius 1 is 1.14 bits per heavy atom. The molecular formula is C22H22N2O4S. The average Bonchev–Trinajstić information content (AvgIpc) is 3.28. The van der Waals surface area contributed by atoms with E-state index < -0.39 is 28.9 Å². The average molecular weight is 410 g/mol. The summed E-state index contributed by atoms with van der Waals surface area (Å²) in [5.74, 6) is -0.548. The number of nitrogens with one attached hydrogen (secondary N) is 1. The van der Waals surface area contributed by atoms with Gasteiger partial charge in [-0.15, -0.1) is 11.8 Å². The number of esters is 1. The summed E-state index contributed by atoms with van der Waals surface area (Å²) in [6.45, 7) is 1.54. The van der Waals surface area contributed by atoms with Crippen LogP contribution in [0.1, 0.15) is 25.3 Å². The smallest absolute Gasteiger partial charge is 0.330 e. The number of carbonyl (C=O) groups is 3. The van der Waals surface area contributed by atoms with E-state index in [1.807, 2.05) is 48.5 Å². The number of rotatable bonds is 5. The van der Waals surface area contributed by atoms with Gasteiger partial charge in [-0.3, -0.25) is 9.59 Å². The van der Waals surface area contributed by atoms with Crippen LogP contribution < -0.4 is 5.32 Å². The molecule has 3 atom stereocenters. The van der Waals surface area contributed by atoms with Crippen LogP contribution in [0.25, 0.3) is 0 Å². The minimum atomic E-state index is -0.961. The van der Waals surface area contributed by atoms with Gasteiger partial charge < -0.3 is 15.0 Å². The number of benzene rings is 2. The van der Waals surface area contributed by atoms with Crippen LogP contribution in [0.2, 0.25) is 0 Å². The SMILES string of the molecule is C[C@H](OC(=O)[C@H]1CS[C@@]2(c3ccccc3)CCC(=O)N12)C(=O)Nc1ccccc1. The fourth-order valence-corrected chi connectivity index (χ4v) is 5.52. The molecule has 0 spiro atoms. The molecule has 2 aliphatic rings. The van der Waals surface area contributed by atoms with Crippen molar-refractivity contribution in [1.82, 2.24) is 4.90 Å². The second-order valence-electron chi connectivity index (χ2n) is 7.18. The zero-order chi connectivity index (χ0) is 20.4. The number of ether oxygens (including phenoxy) is 1. The third-order valence-electron chi connectivity index (χ3n) is 5.33. The standard InChI is InChI=1S/C22H22N2O4S/c1-15(20(26)23-17-10-6-3-7-11-17)28-21(27)18-14-29-22(13-12-19(25)24(18)22)16-8-4-2-5-9-16/h2-11,15,18H,12-14H2,1H3,(H,23,26)/t15-,18+,22+/m0/s1. The van der Waals surface area contributed by atoms with E-state index >= 15 is 0 Å². The quantitative estimate of drug-likeness (QED) is 0.767. The summed E-state index contributed by atoms with van der Waals surface area (Å²) >= 11 is 1.60. The number of hydrogen-bond donors (Lipinski definition) is 1. The van der Waals surface area contributed by atoms with Crippen molar-refractivity contribution < 1.29 is 19.1 Å². The summed E-state index contributed by atoms with van der Waals surface area (Å²) in [6, 6.07) is 18.1. The monoisotopic (exact) mass is 410 g/mol. The molecule has 2 aromatic carbocycles. The summed E-state index contributed by atoms with van der Waals surface area (Å²) in [5, 5.41) is 2.72. The molecule has 2 saturated heterocycles. The first-order chi connectivity index (χ1) is 14.0. The van der Waals surface area contributed by atoms with Gasteiger partial charge in [0, 0.05) is 17.9 Å². The van der Waals surface area contributed by atoms with Crippen LogP contribution in [-0.2, 0) is 24.0 Å². The number of fused-ring (bicyclic) bond motifs is 1. The number of thioether (sulfide) groups is 1. The molecular weight excluding hydrogens is 388 g/mol. The lowest BCUT2D eigenvalue weighted by Crippen LogP contribution is -2.48. The van der Waals surface area contributed by atoms with Gasteiger partial charge in [0.05, 0.1) is 0 Å². The topological polar surface area (TPSA) is 75.7 Å². The Morgan fingerprint density at radius 3 is 2.48 bits per heavy atom. The molecule has 2 aromatic rings. The van der Waals surface area contributed by atoms with Crippen LogP contribution in [0, 0.1) is 0 Å². The van der Waals surface area contributed by atoms with Gasteiger partial charge >= 0.3 is 5.97 Å². The van der Waals surface area contributed by atoms with Crippen molar-refractivity contribution in [3.8, 4) is 0 Å². The Hall–Kier alpha value is -2.80. The largest absolute Gasteiger partial charge is 0.451 e. The zero-order valence-corrected chi connectivity index (χ0v) is 16.9. The van der Waals surface area contributed by atoms with Gasteiger partial charge in [-0.1, -0.05) is 48.5 Å². The van der Waals surface area contributed by atoms with Crippen molar-refractivity contribution in [2.75, 3.05) is 11.1 Å². The molecule has 6 nitrogen and oxygen atoms in total. The van der Waals surface area contributed by atoms with Crippen molar-refractivity contribution >= 4 is 35.2 Å². The molecule has 29 heavy (non-hydrogen) atoms. The van der Waals surface area contributed by atoms with Crippen LogP contribution >= 0.6 is 11.8 Å². The Bertz CT molecular complexity index is 921. The summed E-state index contributed by atoms with van der Waals surface area (Å²) in [7, 11) is 0. The first kappa shape index (κ1) is 19.5. The van der Waals surface area contributed by atoms with Gasteiger partial charge in [-0.2, -0.15) is 0 Å². The van der Waals surface area contributed by atoms with Gasteiger partial charge in [-0.05, 0) is 31.0 Å². The normalized spacial score (nSPS) is 24.1. The summed E-state index contributed by atoms with van der Waals surface area (Å²) in [5.41, 5.74) is 1.65. The van der Waals surface area contributed by atoms with Crippen LogP contribution in [0.4, 0.5) is 5.69 Å². The second kappa shape index (κ2) is 7.91. The molecule has 2 amide bonds. The van der Waals surface area contributed by atoms with Crippen LogP contribution in [0.15, 0.2) is 60.7 Å². The van der Waals surface area contributed by atoms with Crippen molar-refractivity contribution in [3.63, 3.8) is 0 Å². The number of nitrogens with zero attached hydrogens (tertiary/aromatic N) is 1. The predicted octanol–water partition coefficient (Wildman–Crippen LogP) is 3.15. The zero-order valence-electron chi connectivity index (χ0n) is 16.0. The van der Waals surface area contributed by atoms with Gasteiger partial charge in [-0.25, -0.2) is 4.79 Å². The van der Waals surface area contributed by atoms with Gasteiger partial charge in [0.25, 0.3) is 5.91 Å². The third kappa shape index (κ3) is 3.62. The van der Waals surface area contributed by atoms with E-state index in [9.17, 15) is 14.4 Å². The lowest BCUT2D eigenvalue weighted by Gasteiger charge is -2.33. The van der Waals surface area contributed by atoms with Crippen LogP contribution in [0.3, 0.4) is 0 Å². The number of amides is 2. The highest BCUT2D eigenvalue weighted by molar-refractivity contribution is 8.00. The third-order valence-corrected chi connectivity index (χ3v) is 6.92. The molecule has 0 aromatic heterocycles. The van der Waals surface area contributed by atoms with E-state index in [4.69, 9.17) is 4.74 Å². The molecule has 0 saturated carbocycles. The van der Waals surface area contributed by atoms with Gasteiger partial charge in [0.1, 0.15) is 10.9 Å². The van der Waals surface area contributed by atoms with Crippen molar-refractivity contribution in [2.45, 2.75) is 36.8 Å². The summed E-state index contributed by atoms with van der Waals surface area (Å²) < 4.78 is 5.45. The molecule has 2 heterocycles. The molecule has 150 valence electrons. The van der Waals surface area contributed by atoms with Gasteiger partial charge in [0.2, 0.25) is 5.91 Å². The maximum atomic E-state index is 12.9. The molecule has 0 aliphatic carbocycles. The number of anilines is 1. The molecule has 7 heteroatoms. The first-order valence-electron chi connectivity index (χ1n) is 9.59. The Morgan fingerprint density at radius 2 is 1.79 bits per heavy atom. The Balaban J connectivity index is 1.46. The Kier molecular flexibility index (Phi) is 5.32. The highest BCUT2D eigenvalue weighted by Gasteiger charge is 2.57. The molecule has 4 rings (SSSR count). The number of carbonyl (C=O) groups excluding carboxylic acids is 3. The van der Waals surface area contributed by atoms with Gasteiger partial charge in [0.15, 0.2) is 6.10 Å². The second-order valence-corrected chi connectivity index (χ2v) is 8.47. The predicted molar refractivity (Wildman–Crippen MR) is 111 cm³/mol. The first-order valence-corrected chi connectivity index (χ1v) is 10.6. The fourth-order valence-electron chi connectivity index (χ4n) is 3.89. The highest BCUT2D eigenvalue weighted by Crippen LogP contribution is 2.54. The molecule has 2 aliphatic heterocycles. The van der Waals surface area contributed by atoms with E-state index in [1.54, 1.807) is 28.8 Å². The minimum absolute atomic E-state index is 0.0535. The van der Waals surface area contributed by atoms with E-state index in [0.29, 0.717) is 24.3 Å². The van der Waals surface area contributed by atoms with Crippen molar-refractivity contribution in [1.29, 1.82) is 0 Å². The van der Waals surface area contributed by atoms with Crippen molar-refractivity contribution in [2.24, 2.45) is 0 Å². The molecule has 0 radical (unpaired) electrons. The van der Waals surface area contributed by atoms with Crippen LogP contribution in [0.5, 0.6) is 0 Å². The van der Waals surface area contributed by atoms with E-state index in [1.165, 1.54) is 6.92 Å². The fraction of sp³-hybridized carbons (Fsp3) is 0.318. The molecule has 1 N–H and O–H groups in total. The number of hydrogen-bond acceptors (Lipinski definition) is 5. The lowest BCUT2D eigenvalue weighted by molar-refractivity contribution is -0.160. The maximum absolute atomic E-state index is 12.9. The highest BCUT2D eigenvalue weighted by atomic mass is 32.2.